The van der Waals surface area contributed by atoms with Crippen molar-refractivity contribution >= 4 is 5.96 Å². The predicted octanol–water partition coefficient (Wildman–Crippen LogP) is 2.70. The molecule has 3 aliphatic carbocycles. The zero-order valence-electron chi connectivity index (χ0n) is 16.6. The third-order valence-corrected chi connectivity index (χ3v) is 8.29. The summed E-state index contributed by atoms with van der Waals surface area (Å²) in [6.45, 7) is 9.48. The van der Waals surface area contributed by atoms with Crippen LogP contribution in [0.4, 0.5) is 0 Å². The van der Waals surface area contributed by atoms with Crippen molar-refractivity contribution in [2.24, 2.45) is 27.7 Å². The molecule has 26 heavy (non-hydrogen) atoms. The Labute approximate surface area is 157 Å². The van der Waals surface area contributed by atoms with Crippen molar-refractivity contribution < 1.29 is 9.47 Å². The number of ether oxygens (including phenoxy) is 2. The van der Waals surface area contributed by atoms with E-state index in [0.29, 0.717) is 41.5 Å². The lowest BCUT2D eigenvalue weighted by Crippen LogP contribution is -2.72. The lowest BCUT2D eigenvalue weighted by molar-refractivity contribution is -0.126. The summed E-state index contributed by atoms with van der Waals surface area (Å²) in [5.41, 5.74) is 0.548. The minimum absolute atomic E-state index is 0.182. The van der Waals surface area contributed by atoms with Gasteiger partial charge in [-0.1, -0.05) is 26.7 Å². The fraction of sp³-hybridized carbons (Fsp3) is 0.952. The molecule has 6 unspecified atom stereocenters. The molecule has 0 aromatic heterocycles. The zero-order chi connectivity index (χ0) is 17.9. The first-order valence-electron chi connectivity index (χ1n) is 10.9. The number of fused-ring (bicyclic) bond motifs is 3. The number of aliphatic imine (C=N–C) groups is 1. The normalized spacial score (nSPS) is 45.0. The van der Waals surface area contributed by atoms with Crippen LogP contribution in [0.25, 0.3) is 0 Å². The van der Waals surface area contributed by atoms with Crippen LogP contribution in [0.5, 0.6) is 0 Å². The van der Waals surface area contributed by atoms with Gasteiger partial charge in [-0.15, -0.1) is 0 Å². The summed E-state index contributed by atoms with van der Waals surface area (Å²) < 4.78 is 12.1. The Hall–Kier alpha value is -0.810. The Morgan fingerprint density at radius 1 is 0.962 bits per heavy atom. The van der Waals surface area contributed by atoms with Gasteiger partial charge in [0.15, 0.2) is 5.96 Å². The Morgan fingerprint density at radius 2 is 1.58 bits per heavy atom. The number of nitrogens with zero attached hydrogens (tertiary/aromatic N) is 1. The molecule has 5 aliphatic rings. The summed E-state index contributed by atoms with van der Waals surface area (Å²) in [4.78, 5) is 4.83. The molecule has 5 fully saturated rings. The van der Waals surface area contributed by atoms with Gasteiger partial charge in [-0.3, -0.25) is 4.99 Å². The average molecular weight is 362 g/mol. The number of hydrogen-bond acceptors (Lipinski definition) is 3. The highest BCUT2D eigenvalue weighted by atomic mass is 16.5. The number of hydrogen-bond donors (Lipinski definition) is 2. The van der Waals surface area contributed by atoms with Crippen LogP contribution in [-0.2, 0) is 9.47 Å². The first-order chi connectivity index (χ1) is 12.6. The van der Waals surface area contributed by atoms with Crippen LogP contribution in [0.2, 0.25) is 0 Å². The summed E-state index contributed by atoms with van der Waals surface area (Å²) in [5.74, 6) is 2.34. The Kier molecular flexibility index (Phi) is 4.06. The van der Waals surface area contributed by atoms with Crippen molar-refractivity contribution in [3.05, 3.63) is 0 Å². The SMILES string of the molecule is CCN=C(NC1C2CCOC2C1(C)C)NC1C2CCOC2C12CCCC2. The Balaban J connectivity index is 1.32. The van der Waals surface area contributed by atoms with E-state index in [9.17, 15) is 0 Å². The van der Waals surface area contributed by atoms with Crippen LogP contribution in [0.3, 0.4) is 0 Å². The van der Waals surface area contributed by atoms with Crippen molar-refractivity contribution in [3.8, 4) is 0 Å². The van der Waals surface area contributed by atoms with Crippen molar-refractivity contribution in [3.63, 3.8) is 0 Å². The van der Waals surface area contributed by atoms with Crippen molar-refractivity contribution in [2.75, 3.05) is 19.8 Å². The molecule has 6 atom stereocenters. The van der Waals surface area contributed by atoms with Crippen molar-refractivity contribution in [2.45, 2.75) is 83.6 Å². The molecule has 2 heterocycles. The molecule has 146 valence electrons. The zero-order valence-corrected chi connectivity index (χ0v) is 16.6. The second kappa shape index (κ2) is 6.10. The highest BCUT2D eigenvalue weighted by Crippen LogP contribution is 2.60. The smallest absolute Gasteiger partial charge is 0.191 e. The fourth-order valence-corrected chi connectivity index (χ4v) is 7.11. The molecule has 0 aromatic carbocycles. The second-order valence-corrected chi connectivity index (χ2v) is 9.82. The highest BCUT2D eigenvalue weighted by Gasteiger charge is 2.65. The van der Waals surface area contributed by atoms with Gasteiger partial charge in [-0.25, -0.2) is 0 Å². The molecule has 3 saturated carbocycles. The van der Waals surface area contributed by atoms with E-state index in [1.54, 1.807) is 0 Å². The molecule has 0 aromatic rings. The molecular formula is C21H35N3O2. The van der Waals surface area contributed by atoms with E-state index in [1.165, 1.54) is 38.5 Å². The minimum Gasteiger partial charge on any atom is -0.377 e. The van der Waals surface area contributed by atoms with Crippen LogP contribution in [0.1, 0.15) is 59.3 Å². The lowest BCUT2D eigenvalue weighted by atomic mass is 9.54. The highest BCUT2D eigenvalue weighted by molar-refractivity contribution is 5.81. The number of nitrogens with one attached hydrogen (secondary N) is 2. The standard InChI is InChI=1S/C21H35N3O2/c1-4-22-19(23-15-13-7-11-25-17(13)20(15,2)3)24-16-14-8-12-26-18(14)21(16)9-5-6-10-21/h13-18H,4-12H2,1-3H3,(H2,22,23,24). The molecule has 1 spiro atoms. The molecular weight excluding hydrogens is 326 g/mol. The number of guanidine groups is 1. The molecule has 5 rings (SSSR count). The van der Waals surface area contributed by atoms with Gasteiger partial charge >= 0.3 is 0 Å². The summed E-state index contributed by atoms with van der Waals surface area (Å²) in [5, 5.41) is 7.71. The Bertz CT molecular complexity index is 584. The van der Waals surface area contributed by atoms with Gasteiger partial charge in [0, 0.05) is 54.5 Å². The maximum atomic E-state index is 6.15. The largest absolute Gasteiger partial charge is 0.377 e. The second-order valence-electron chi connectivity index (χ2n) is 9.82. The van der Waals surface area contributed by atoms with Gasteiger partial charge in [0.25, 0.3) is 0 Å². The van der Waals surface area contributed by atoms with Gasteiger partial charge in [0.2, 0.25) is 0 Å². The predicted molar refractivity (Wildman–Crippen MR) is 102 cm³/mol. The van der Waals surface area contributed by atoms with Gasteiger partial charge in [-0.05, 0) is 32.6 Å². The van der Waals surface area contributed by atoms with Gasteiger partial charge < -0.3 is 20.1 Å². The monoisotopic (exact) mass is 361 g/mol. The quantitative estimate of drug-likeness (QED) is 0.599. The molecule has 0 bridgehead atoms. The van der Waals surface area contributed by atoms with Gasteiger partial charge in [0.1, 0.15) is 0 Å². The van der Waals surface area contributed by atoms with Crippen LogP contribution in [0, 0.1) is 22.7 Å². The summed E-state index contributed by atoms with van der Waals surface area (Å²) in [6.07, 6.45) is 8.65. The van der Waals surface area contributed by atoms with E-state index < -0.39 is 0 Å². The molecule has 2 aliphatic heterocycles. The van der Waals surface area contributed by atoms with Crippen molar-refractivity contribution in [1.82, 2.24) is 10.6 Å². The average Bonchev–Trinajstić information content (AvgIpc) is 3.36. The molecule has 5 heteroatoms. The van der Waals surface area contributed by atoms with E-state index in [4.69, 9.17) is 14.5 Å². The first kappa shape index (κ1) is 17.3. The lowest BCUT2D eigenvalue weighted by Gasteiger charge is -2.58. The van der Waals surface area contributed by atoms with Crippen LogP contribution in [0.15, 0.2) is 4.99 Å². The van der Waals surface area contributed by atoms with E-state index in [1.807, 2.05) is 0 Å². The minimum atomic E-state index is 0.182. The molecule has 0 radical (unpaired) electrons. The van der Waals surface area contributed by atoms with Gasteiger partial charge in [0.05, 0.1) is 12.2 Å². The van der Waals surface area contributed by atoms with Crippen LogP contribution >= 0.6 is 0 Å². The third-order valence-electron chi connectivity index (χ3n) is 8.29. The van der Waals surface area contributed by atoms with Crippen LogP contribution < -0.4 is 10.6 Å². The van der Waals surface area contributed by atoms with Gasteiger partial charge in [-0.2, -0.15) is 0 Å². The first-order valence-corrected chi connectivity index (χ1v) is 10.9. The molecule has 2 N–H and O–H groups in total. The van der Waals surface area contributed by atoms with E-state index in [0.717, 1.165) is 25.7 Å². The number of rotatable bonds is 3. The fourth-order valence-electron chi connectivity index (χ4n) is 7.11. The Morgan fingerprint density at radius 3 is 2.27 bits per heavy atom. The summed E-state index contributed by atoms with van der Waals surface area (Å²) >= 11 is 0. The molecule has 2 saturated heterocycles. The maximum absolute atomic E-state index is 6.15. The summed E-state index contributed by atoms with van der Waals surface area (Å²) in [7, 11) is 0. The third kappa shape index (κ3) is 2.25. The topological polar surface area (TPSA) is 54.9 Å². The summed E-state index contributed by atoms with van der Waals surface area (Å²) in [6, 6.07) is 0.997. The van der Waals surface area contributed by atoms with E-state index in [2.05, 4.69) is 31.4 Å². The van der Waals surface area contributed by atoms with E-state index in [-0.39, 0.29) is 5.41 Å². The molecule has 5 nitrogen and oxygen atoms in total. The van der Waals surface area contributed by atoms with Crippen LogP contribution in [-0.4, -0.2) is 50.0 Å². The molecule has 0 amide bonds. The van der Waals surface area contributed by atoms with E-state index >= 15 is 0 Å². The maximum Gasteiger partial charge on any atom is 0.191 e. The van der Waals surface area contributed by atoms with Crippen molar-refractivity contribution in [1.29, 1.82) is 0 Å².